The molecule has 3 rings (SSSR count). The number of rotatable bonds is 6. The van der Waals surface area contributed by atoms with Crippen LogP contribution in [0.2, 0.25) is 0 Å². The van der Waals surface area contributed by atoms with E-state index in [4.69, 9.17) is 4.74 Å². The van der Waals surface area contributed by atoms with Gasteiger partial charge in [-0.25, -0.2) is 4.98 Å². The number of ether oxygens (including phenoxy) is 1. The van der Waals surface area contributed by atoms with Gasteiger partial charge in [-0.15, -0.1) is 11.3 Å². The summed E-state index contributed by atoms with van der Waals surface area (Å²) in [7, 11) is 0. The first-order chi connectivity index (χ1) is 13.9. The Hall–Kier alpha value is -2.41. The molecule has 29 heavy (non-hydrogen) atoms. The van der Waals surface area contributed by atoms with Crippen molar-refractivity contribution in [2.24, 2.45) is 11.8 Å². The number of aryl methyl sites for hydroxylation is 1. The highest BCUT2D eigenvalue weighted by atomic mass is 32.1. The molecular weight excluding hydrogens is 386 g/mol. The Kier molecular flexibility index (Phi) is 6.90. The predicted octanol–water partition coefficient (Wildman–Crippen LogP) is 4.35. The van der Waals surface area contributed by atoms with Gasteiger partial charge in [-0.1, -0.05) is 13.8 Å². The summed E-state index contributed by atoms with van der Waals surface area (Å²) < 4.78 is 5.49. The van der Waals surface area contributed by atoms with Crippen LogP contribution in [0.3, 0.4) is 0 Å². The van der Waals surface area contributed by atoms with Crippen molar-refractivity contribution in [3.8, 4) is 17.0 Å². The Morgan fingerprint density at radius 2 is 1.90 bits per heavy atom. The van der Waals surface area contributed by atoms with Gasteiger partial charge in [-0.05, 0) is 51.0 Å². The number of likely N-dealkylation sites (tertiary alicyclic amines) is 1. The van der Waals surface area contributed by atoms with Crippen molar-refractivity contribution in [2.45, 2.75) is 40.5 Å². The zero-order chi connectivity index (χ0) is 21.0. The molecule has 0 radical (unpaired) electrons. The molecule has 156 valence electrons. The van der Waals surface area contributed by atoms with Crippen molar-refractivity contribution in [2.75, 3.05) is 25.0 Å². The van der Waals surface area contributed by atoms with Gasteiger partial charge in [0.1, 0.15) is 5.75 Å². The standard InChI is InChI=1S/C22H29N3O3S/c1-5-28-18-8-6-16(7-9-18)19-15(4)29-22(23-19)24-20(26)17-10-12-25(13-11-17)21(27)14(2)3/h6-9,14,17H,5,10-13H2,1-4H3,(H,23,24,26). The largest absolute Gasteiger partial charge is 0.494 e. The highest BCUT2D eigenvalue weighted by Gasteiger charge is 2.28. The molecule has 1 fully saturated rings. The number of anilines is 1. The molecule has 2 aromatic rings. The number of amides is 2. The fraction of sp³-hybridized carbons (Fsp3) is 0.500. The van der Waals surface area contributed by atoms with Crippen molar-refractivity contribution in [1.29, 1.82) is 0 Å². The highest BCUT2D eigenvalue weighted by molar-refractivity contribution is 7.16. The molecule has 1 N–H and O–H groups in total. The third-order valence-corrected chi connectivity index (χ3v) is 6.02. The Morgan fingerprint density at radius 1 is 1.24 bits per heavy atom. The van der Waals surface area contributed by atoms with E-state index in [0.717, 1.165) is 21.9 Å². The summed E-state index contributed by atoms with van der Waals surface area (Å²) in [6.45, 7) is 9.71. The Morgan fingerprint density at radius 3 is 2.48 bits per heavy atom. The van der Waals surface area contributed by atoms with Crippen LogP contribution in [-0.2, 0) is 9.59 Å². The summed E-state index contributed by atoms with van der Waals surface area (Å²) in [4.78, 5) is 32.4. The first-order valence-electron chi connectivity index (χ1n) is 10.2. The lowest BCUT2D eigenvalue weighted by Crippen LogP contribution is -2.43. The summed E-state index contributed by atoms with van der Waals surface area (Å²) >= 11 is 1.49. The maximum atomic E-state index is 12.7. The SMILES string of the molecule is CCOc1ccc(-c2nc(NC(=O)C3CCN(C(=O)C(C)C)CC3)sc2C)cc1. The zero-order valence-corrected chi connectivity index (χ0v) is 18.3. The number of benzene rings is 1. The third kappa shape index (κ3) is 5.15. The van der Waals surface area contributed by atoms with Crippen LogP contribution in [0.5, 0.6) is 5.75 Å². The van der Waals surface area contributed by atoms with Gasteiger partial charge in [0.25, 0.3) is 0 Å². The Bertz CT molecular complexity index is 853. The van der Waals surface area contributed by atoms with Crippen LogP contribution in [-0.4, -0.2) is 41.4 Å². The minimum absolute atomic E-state index is 0.000285. The van der Waals surface area contributed by atoms with Crippen molar-refractivity contribution in [3.63, 3.8) is 0 Å². The lowest BCUT2D eigenvalue weighted by atomic mass is 9.95. The van der Waals surface area contributed by atoms with Gasteiger partial charge in [-0.2, -0.15) is 0 Å². The number of thiazole rings is 1. The van der Waals surface area contributed by atoms with E-state index >= 15 is 0 Å². The third-order valence-electron chi connectivity index (χ3n) is 5.14. The molecule has 1 aromatic carbocycles. The van der Waals surface area contributed by atoms with Crippen LogP contribution < -0.4 is 10.1 Å². The zero-order valence-electron chi connectivity index (χ0n) is 17.5. The van der Waals surface area contributed by atoms with Crippen molar-refractivity contribution in [1.82, 2.24) is 9.88 Å². The lowest BCUT2D eigenvalue weighted by Gasteiger charge is -2.32. The number of nitrogens with one attached hydrogen (secondary N) is 1. The molecule has 1 aromatic heterocycles. The van der Waals surface area contributed by atoms with Gasteiger partial charge in [0.15, 0.2) is 5.13 Å². The molecule has 0 saturated carbocycles. The molecule has 0 bridgehead atoms. The molecule has 6 nitrogen and oxygen atoms in total. The van der Waals surface area contributed by atoms with E-state index in [-0.39, 0.29) is 23.7 Å². The predicted molar refractivity (Wildman–Crippen MR) is 116 cm³/mol. The lowest BCUT2D eigenvalue weighted by molar-refractivity contribution is -0.137. The second-order valence-corrected chi connectivity index (χ2v) is 8.83. The topological polar surface area (TPSA) is 71.5 Å². The van der Waals surface area contributed by atoms with E-state index in [9.17, 15) is 9.59 Å². The summed E-state index contributed by atoms with van der Waals surface area (Å²) in [5, 5.41) is 3.60. The van der Waals surface area contributed by atoms with Crippen molar-refractivity contribution in [3.05, 3.63) is 29.1 Å². The molecule has 0 unspecified atom stereocenters. The van der Waals surface area contributed by atoms with E-state index in [1.165, 1.54) is 11.3 Å². The van der Waals surface area contributed by atoms with Crippen LogP contribution in [0.1, 0.15) is 38.5 Å². The van der Waals surface area contributed by atoms with Gasteiger partial charge in [0.05, 0.1) is 12.3 Å². The van der Waals surface area contributed by atoms with E-state index in [0.29, 0.717) is 37.7 Å². The Balaban J connectivity index is 1.60. The fourth-order valence-electron chi connectivity index (χ4n) is 3.53. The molecule has 1 aliphatic heterocycles. The maximum Gasteiger partial charge on any atom is 0.229 e. The first-order valence-corrected chi connectivity index (χ1v) is 11.0. The quantitative estimate of drug-likeness (QED) is 0.761. The fourth-order valence-corrected chi connectivity index (χ4v) is 4.37. The van der Waals surface area contributed by atoms with Gasteiger partial charge < -0.3 is 15.0 Å². The van der Waals surface area contributed by atoms with E-state index in [1.807, 2.05) is 56.9 Å². The second-order valence-electron chi connectivity index (χ2n) is 7.62. The average Bonchev–Trinajstić information content (AvgIpc) is 3.08. The van der Waals surface area contributed by atoms with E-state index in [1.54, 1.807) is 0 Å². The smallest absolute Gasteiger partial charge is 0.229 e. The van der Waals surface area contributed by atoms with Crippen molar-refractivity contribution < 1.29 is 14.3 Å². The maximum absolute atomic E-state index is 12.7. The number of hydrogen-bond acceptors (Lipinski definition) is 5. The van der Waals surface area contributed by atoms with Crippen LogP contribution in [0.4, 0.5) is 5.13 Å². The summed E-state index contributed by atoms with van der Waals surface area (Å²) in [5.74, 6) is 0.914. The summed E-state index contributed by atoms with van der Waals surface area (Å²) in [6.07, 6.45) is 1.39. The molecule has 1 saturated heterocycles. The molecule has 7 heteroatoms. The minimum Gasteiger partial charge on any atom is -0.494 e. The van der Waals surface area contributed by atoms with Crippen LogP contribution in [0.15, 0.2) is 24.3 Å². The molecule has 0 aliphatic carbocycles. The average molecular weight is 416 g/mol. The molecule has 1 aliphatic rings. The van der Waals surface area contributed by atoms with Gasteiger partial charge in [0, 0.05) is 35.4 Å². The number of aromatic nitrogens is 1. The second kappa shape index (κ2) is 9.39. The van der Waals surface area contributed by atoms with Crippen LogP contribution >= 0.6 is 11.3 Å². The first kappa shape index (κ1) is 21.3. The molecule has 2 amide bonds. The van der Waals surface area contributed by atoms with Gasteiger partial charge in [-0.3, -0.25) is 9.59 Å². The van der Waals surface area contributed by atoms with Crippen LogP contribution in [0, 0.1) is 18.8 Å². The summed E-state index contributed by atoms with van der Waals surface area (Å²) in [6, 6.07) is 7.84. The molecule has 0 spiro atoms. The van der Waals surface area contributed by atoms with Gasteiger partial charge >= 0.3 is 0 Å². The summed E-state index contributed by atoms with van der Waals surface area (Å²) in [5.41, 5.74) is 1.88. The van der Waals surface area contributed by atoms with Gasteiger partial charge in [0.2, 0.25) is 11.8 Å². The monoisotopic (exact) mass is 415 g/mol. The van der Waals surface area contributed by atoms with E-state index in [2.05, 4.69) is 10.3 Å². The van der Waals surface area contributed by atoms with E-state index < -0.39 is 0 Å². The number of hydrogen-bond donors (Lipinski definition) is 1. The number of nitrogens with zero attached hydrogens (tertiary/aromatic N) is 2. The minimum atomic E-state index is -0.0793. The molecule has 2 heterocycles. The number of piperidine rings is 1. The number of carbonyl (C=O) groups excluding carboxylic acids is 2. The normalized spacial score (nSPS) is 14.9. The van der Waals surface area contributed by atoms with Crippen molar-refractivity contribution >= 4 is 28.3 Å². The molecular formula is C22H29N3O3S. The number of carbonyl (C=O) groups is 2. The van der Waals surface area contributed by atoms with Crippen LogP contribution in [0.25, 0.3) is 11.3 Å². The highest BCUT2D eigenvalue weighted by Crippen LogP contribution is 2.32. The molecule has 0 atom stereocenters. The Labute approximate surface area is 176 Å².